The summed E-state index contributed by atoms with van der Waals surface area (Å²) in [5, 5.41) is 0.526. The van der Waals surface area contributed by atoms with Crippen LogP contribution in [-0.2, 0) is 0 Å². The highest BCUT2D eigenvalue weighted by Gasteiger charge is 1.99. The maximum absolute atomic E-state index is 5.78. The molecule has 0 amide bonds. The molecule has 0 aliphatic heterocycles. The highest BCUT2D eigenvalue weighted by molar-refractivity contribution is 6.29. The van der Waals surface area contributed by atoms with Crippen LogP contribution < -0.4 is 0 Å². The fraction of sp³-hybridized carbons (Fsp3) is 0.500. The third-order valence-corrected chi connectivity index (χ3v) is 2.44. The van der Waals surface area contributed by atoms with Gasteiger partial charge in [-0.05, 0) is 38.8 Å². The van der Waals surface area contributed by atoms with E-state index in [2.05, 4.69) is 23.8 Å². The lowest BCUT2D eigenvalue weighted by Crippen LogP contribution is -1.91. The van der Waals surface area contributed by atoms with Crippen molar-refractivity contribution >= 4 is 23.0 Å². The summed E-state index contributed by atoms with van der Waals surface area (Å²) in [5.74, 6) is 0. The summed E-state index contributed by atoms with van der Waals surface area (Å²) in [6, 6.07) is 3.70. The van der Waals surface area contributed by atoms with E-state index >= 15 is 0 Å². The van der Waals surface area contributed by atoms with Gasteiger partial charge in [-0.25, -0.2) is 4.98 Å². The second-order valence-corrected chi connectivity index (χ2v) is 4.08. The van der Waals surface area contributed by atoms with Crippen LogP contribution in [0.2, 0.25) is 5.15 Å². The Labute approximate surface area is 96.4 Å². The standard InChI is InChI=1S/C12H17ClN2/c1-4-5-6-9(2)14-11-7-8-12(13)15-10(11)3/h7-8H,4-6H2,1-3H3. The van der Waals surface area contributed by atoms with Crippen molar-refractivity contribution < 1.29 is 0 Å². The van der Waals surface area contributed by atoms with Crippen LogP contribution in [0.4, 0.5) is 5.69 Å². The number of aliphatic imine (C=N–C) groups is 1. The molecule has 82 valence electrons. The van der Waals surface area contributed by atoms with Crippen molar-refractivity contribution in [1.82, 2.24) is 4.98 Å². The van der Waals surface area contributed by atoms with Crippen molar-refractivity contribution in [3.63, 3.8) is 0 Å². The van der Waals surface area contributed by atoms with Gasteiger partial charge in [0.15, 0.2) is 0 Å². The summed E-state index contributed by atoms with van der Waals surface area (Å²) < 4.78 is 0. The van der Waals surface area contributed by atoms with E-state index in [-0.39, 0.29) is 0 Å². The Hall–Kier alpha value is -0.890. The normalized spacial score (nSPS) is 11.9. The van der Waals surface area contributed by atoms with E-state index in [0.717, 1.165) is 23.5 Å². The second kappa shape index (κ2) is 5.86. The summed E-state index contributed by atoms with van der Waals surface area (Å²) in [6.45, 7) is 6.17. The van der Waals surface area contributed by atoms with Crippen molar-refractivity contribution in [1.29, 1.82) is 0 Å². The number of halogens is 1. The maximum atomic E-state index is 5.78. The smallest absolute Gasteiger partial charge is 0.129 e. The Kier molecular flexibility index (Phi) is 4.76. The van der Waals surface area contributed by atoms with E-state index in [1.807, 2.05) is 13.0 Å². The molecule has 0 saturated heterocycles. The molecule has 0 bridgehead atoms. The van der Waals surface area contributed by atoms with E-state index in [9.17, 15) is 0 Å². The lowest BCUT2D eigenvalue weighted by molar-refractivity contribution is 0.833. The van der Waals surface area contributed by atoms with Gasteiger partial charge in [-0.3, -0.25) is 4.99 Å². The Balaban J connectivity index is 2.78. The Bertz CT molecular complexity index is 359. The van der Waals surface area contributed by atoms with Gasteiger partial charge >= 0.3 is 0 Å². The monoisotopic (exact) mass is 224 g/mol. The first kappa shape index (κ1) is 12.2. The number of pyridine rings is 1. The van der Waals surface area contributed by atoms with Crippen LogP contribution in [0.5, 0.6) is 0 Å². The van der Waals surface area contributed by atoms with Crippen LogP contribution in [0.3, 0.4) is 0 Å². The number of aromatic nitrogens is 1. The quantitative estimate of drug-likeness (QED) is 0.552. The predicted molar refractivity (Wildman–Crippen MR) is 66.3 cm³/mol. The SMILES string of the molecule is CCCCC(C)=Nc1ccc(Cl)nc1C. The molecule has 3 heteroatoms. The number of rotatable bonds is 4. The highest BCUT2D eigenvalue weighted by atomic mass is 35.5. The number of nitrogens with zero attached hydrogens (tertiary/aromatic N) is 2. The highest BCUT2D eigenvalue weighted by Crippen LogP contribution is 2.19. The molecule has 0 spiro atoms. The molecule has 1 rings (SSSR count). The van der Waals surface area contributed by atoms with E-state index in [0.29, 0.717) is 5.15 Å². The van der Waals surface area contributed by atoms with Crippen molar-refractivity contribution in [2.45, 2.75) is 40.0 Å². The van der Waals surface area contributed by atoms with Crippen LogP contribution in [0.15, 0.2) is 17.1 Å². The lowest BCUT2D eigenvalue weighted by atomic mass is 10.2. The first-order valence-electron chi connectivity index (χ1n) is 5.30. The number of aryl methyl sites for hydroxylation is 1. The summed E-state index contributed by atoms with van der Waals surface area (Å²) >= 11 is 5.78. The van der Waals surface area contributed by atoms with Gasteiger partial charge in [0.2, 0.25) is 0 Å². The van der Waals surface area contributed by atoms with E-state index in [4.69, 9.17) is 11.6 Å². The Morgan fingerprint density at radius 2 is 2.20 bits per heavy atom. The van der Waals surface area contributed by atoms with Crippen LogP contribution in [0.25, 0.3) is 0 Å². The van der Waals surface area contributed by atoms with Gasteiger partial charge in [0.25, 0.3) is 0 Å². The average Bonchev–Trinajstić information content (AvgIpc) is 2.19. The number of hydrogen-bond donors (Lipinski definition) is 0. The van der Waals surface area contributed by atoms with Crippen molar-refractivity contribution in [2.24, 2.45) is 4.99 Å². The molecule has 0 fully saturated rings. The predicted octanol–water partition coefficient (Wildman–Crippen LogP) is 4.33. The third kappa shape index (κ3) is 4.00. The second-order valence-electron chi connectivity index (χ2n) is 3.69. The fourth-order valence-electron chi connectivity index (χ4n) is 1.34. The minimum Gasteiger partial charge on any atom is -0.256 e. The molecular formula is C12H17ClN2. The van der Waals surface area contributed by atoms with Crippen LogP contribution in [0.1, 0.15) is 38.8 Å². The molecule has 0 radical (unpaired) electrons. The first-order chi connectivity index (χ1) is 7.13. The van der Waals surface area contributed by atoms with Gasteiger partial charge in [-0.2, -0.15) is 0 Å². The van der Waals surface area contributed by atoms with Gasteiger partial charge in [0, 0.05) is 5.71 Å². The van der Waals surface area contributed by atoms with E-state index < -0.39 is 0 Å². The molecule has 2 nitrogen and oxygen atoms in total. The van der Waals surface area contributed by atoms with E-state index in [1.165, 1.54) is 12.8 Å². The molecule has 1 heterocycles. The summed E-state index contributed by atoms with van der Waals surface area (Å²) in [5.41, 5.74) is 2.97. The molecule has 15 heavy (non-hydrogen) atoms. The maximum Gasteiger partial charge on any atom is 0.129 e. The van der Waals surface area contributed by atoms with Gasteiger partial charge in [0.05, 0.1) is 11.4 Å². The fourth-order valence-corrected chi connectivity index (χ4v) is 1.53. The van der Waals surface area contributed by atoms with Gasteiger partial charge in [0.1, 0.15) is 5.15 Å². The molecule has 0 saturated carbocycles. The molecular weight excluding hydrogens is 208 g/mol. The Morgan fingerprint density at radius 1 is 1.47 bits per heavy atom. The molecule has 1 aromatic rings. The zero-order valence-electron chi connectivity index (χ0n) is 9.55. The minimum absolute atomic E-state index is 0.526. The number of unbranched alkanes of at least 4 members (excludes halogenated alkanes) is 1. The summed E-state index contributed by atoms with van der Waals surface area (Å²) in [4.78, 5) is 8.70. The first-order valence-corrected chi connectivity index (χ1v) is 5.68. The van der Waals surface area contributed by atoms with Crippen molar-refractivity contribution in [3.05, 3.63) is 23.0 Å². The number of hydrogen-bond acceptors (Lipinski definition) is 2. The third-order valence-electron chi connectivity index (χ3n) is 2.23. The van der Waals surface area contributed by atoms with E-state index in [1.54, 1.807) is 6.07 Å². The summed E-state index contributed by atoms with van der Waals surface area (Å²) in [6.07, 6.45) is 3.44. The molecule has 0 N–H and O–H groups in total. The average molecular weight is 225 g/mol. The van der Waals surface area contributed by atoms with Gasteiger partial charge in [-0.15, -0.1) is 0 Å². The molecule has 0 aliphatic rings. The lowest BCUT2D eigenvalue weighted by Gasteiger charge is -2.02. The Morgan fingerprint density at radius 3 is 2.80 bits per heavy atom. The summed E-state index contributed by atoms with van der Waals surface area (Å²) in [7, 11) is 0. The molecule has 0 aliphatic carbocycles. The van der Waals surface area contributed by atoms with Crippen LogP contribution in [0, 0.1) is 6.92 Å². The molecule has 0 atom stereocenters. The van der Waals surface area contributed by atoms with Crippen LogP contribution in [-0.4, -0.2) is 10.7 Å². The van der Waals surface area contributed by atoms with Gasteiger partial charge in [-0.1, -0.05) is 24.9 Å². The largest absolute Gasteiger partial charge is 0.256 e. The van der Waals surface area contributed by atoms with Gasteiger partial charge < -0.3 is 0 Å². The minimum atomic E-state index is 0.526. The topological polar surface area (TPSA) is 25.2 Å². The molecule has 0 aromatic carbocycles. The van der Waals surface area contributed by atoms with Crippen LogP contribution >= 0.6 is 11.6 Å². The zero-order valence-corrected chi connectivity index (χ0v) is 10.3. The molecule has 0 unspecified atom stereocenters. The molecule has 1 aromatic heterocycles. The zero-order chi connectivity index (χ0) is 11.3. The van der Waals surface area contributed by atoms with Crippen molar-refractivity contribution in [2.75, 3.05) is 0 Å². The van der Waals surface area contributed by atoms with Crippen molar-refractivity contribution in [3.8, 4) is 0 Å².